The van der Waals surface area contributed by atoms with E-state index in [0.29, 0.717) is 17.1 Å². The maximum Gasteiger partial charge on any atom is 0.344 e. The van der Waals surface area contributed by atoms with Crippen molar-refractivity contribution in [2.75, 3.05) is 6.61 Å². The highest BCUT2D eigenvalue weighted by molar-refractivity contribution is 5.75. The van der Waals surface area contributed by atoms with Crippen molar-refractivity contribution >= 4 is 12.3 Å². The van der Waals surface area contributed by atoms with Gasteiger partial charge in [0.15, 0.2) is 13.2 Å². The number of hydrogen-bond acceptors (Lipinski definition) is 7. The van der Waals surface area contributed by atoms with Gasteiger partial charge >= 0.3 is 5.97 Å². The molecule has 1 aromatic heterocycles. The summed E-state index contributed by atoms with van der Waals surface area (Å²) >= 11 is 0. The van der Waals surface area contributed by atoms with Gasteiger partial charge in [0.2, 0.25) is 5.82 Å². The molecular formula is C18H14N2O5. The molecule has 3 aromatic rings. The van der Waals surface area contributed by atoms with Crippen LogP contribution in [0.5, 0.6) is 5.75 Å². The van der Waals surface area contributed by atoms with Gasteiger partial charge in [-0.3, -0.25) is 4.79 Å². The lowest BCUT2D eigenvalue weighted by Crippen LogP contribution is -2.14. The molecule has 0 aliphatic heterocycles. The van der Waals surface area contributed by atoms with Crippen molar-refractivity contribution in [3.8, 4) is 17.1 Å². The van der Waals surface area contributed by atoms with Crippen LogP contribution in [0.2, 0.25) is 0 Å². The molecule has 0 aliphatic carbocycles. The van der Waals surface area contributed by atoms with Crippen LogP contribution in [0.4, 0.5) is 0 Å². The molecule has 2 aromatic carbocycles. The fraction of sp³-hybridized carbons (Fsp3) is 0.111. The molecule has 0 saturated carbocycles. The van der Waals surface area contributed by atoms with E-state index in [1.54, 1.807) is 24.3 Å². The molecule has 0 aliphatic rings. The van der Waals surface area contributed by atoms with E-state index in [9.17, 15) is 9.59 Å². The van der Waals surface area contributed by atoms with E-state index in [0.717, 1.165) is 11.8 Å². The van der Waals surface area contributed by atoms with E-state index < -0.39 is 5.97 Å². The van der Waals surface area contributed by atoms with Crippen molar-refractivity contribution in [2.45, 2.75) is 6.61 Å². The Morgan fingerprint density at radius 1 is 1.08 bits per heavy atom. The predicted octanol–water partition coefficient (Wildman–Crippen LogP) is 2.67. The Labute approximate surface area is 143 Å². The lowest BCUT2D eigenvalue weighted by atomic mass is 10.2. The largest absolute Gasteiger partial charge is 0.482 e. The van der Waals surface area contributed by atoms with E-state index >= 15 is 0 Å². The van der Waals surface area contributed by atoms with Gasteiger partial charge in [-0.05, 0) is 24.3 Å². The Balaban J connectivity index is 1.47. The highest BCUT2D eigenvalue weighted by atomic mass is 16.6. The summed E-state index contributed by atoms with van der Waals surface area (Å²) in [5.74, 6) is 0.520. The predicted molar refractivity (Wildman–Crippen MR) is 86.9 cm³/mol. The highest BCUT2D eigenvalue weighted by Crippen LogP contribution is 2.15. The third-order valence-electron chi connectivity index (χ3n) is 3.23. The Bertz CT molecular complexity index is 843. The van der Waals surface area contributed by atoms with Crippen LogP contribution in [0.1, 0.15) is 16.2 Å². The molecule has 0 radical (unpaired) electrons. The number of ether oxygens (including phenoxy) is 2. The molecule has 1 heterocycles. The molecule has 0 amide bonds. The van der Waals surface area contributed by atoms with Crippen LogP contribution in [0, 0.1) is 0 Å². The van der Waals surface area contributed by atoms with Crippen LogP contribution in [-0.2, 0) is 16.1 Å². The van der Waals surface area contributed by atoms with Crippen LogP contribution in [0.25, 0.3) is 11.4 Å². The van der Waals surface area contributed by atoms with Crippen LogP contribution in [-0.4, -0.2) is 29.0 Å². The topological polar surface area (TPSA) is 91.5 Å². The molecule has 7 nitrogen and oxygen atoms in total. The summed E-state index contributed by atoms with van der Waals surface area (Å²) in [6, 6.07) is 15.7. The molecule has 126 valence electrons. The molecule has 0 N–H and O–H groups in total. The number of rotatable bonds is 7. The quantitative estimate of drug-likeness (QED) is 0.483. The molecule has 0 unspecified atom stereocenters. The second-order valence-corrected chi connectivity index (χ2v) is 5.01. The normalized spacial score (nSPS) is 10.2. The maximum absolute atomic E-state index is 11.7. The summed E-state index contributed by atoms with van der Waals surface area (Å²) < 4.78 is 15.3. The lowest BCUT2D eigenvalue weighted by Gasteiger charge is -2.05. The van der Waals surface area contributed by atoms with Crippen molar-refractivity contribution in [3.63, 3.8) is 0 Å². The van der Waals surface area contributed by atoms with E-state index in [-0.39, 0.29) is 19.1 Å². The number of benzene rings is 2. The minimum atomic E-state index is -0.570. The van der Waals surface area contributed by atoms with E-state index in [1.807, 2.05) is 30.3 Å². The lowest BCUT2D eigenvalue weighted by molar-refractivity contribution is -0.148. The number of carbonyl (C=O) groups is 2. The Morgan fingerprint density at radius 3 is 2.56 bits per heavy atom. The van der Waals surface area contributed by atoms with Gasteiger partial charge < -0.3 is 14.0 Å². The zero-order chi connectivity index (χ0) is 17.5. The second-order valence-electron chi connectivity index (χ2n) is 5.01. The fourth-order valence-corrected chi connectivity index (χ4v) is 1.99. The van der Waals surface area contributed by atoms with Gasteiger partial charge in [-0.2, -0.15) is 4.98 Å². The number of carbonyl (C=O) groups excluding carboxylic acids is 2. The Kier molecular flexibility index (Phi) is 5.16. The number of aromatic nitrogens is 2. The average Bonchev–Trinajstić information content (AvgIpc) is 3.15. The third kappa shape index (κ3) is 4.51. The number of esters is 1. The molecule has 0 bridgehead atoms. The zero-order valence-corrected chi connectivity index (χ0v) is 13.1. The monoisotopic (exact) mass is 338 g/mol. The summed E-state index contributed by atoms with van der Waals surface area (Å²) in [5.41, 5.74) is 1.34. The SMILES string of the molecule is O=Cc1ccc(OCC(=O)OCc2nc(-c3ccccc3)no2)cc1. The summed E-state index contributed by atoms with van der Waals surface area (Å²) in [7, 11) is 0. The third-order valence-corrected chi connectivity index (χ3v) is 3.23. The summed E-state index contributed by atoms with van der Waals surface area (Å²) in [5, 5.41) is 3.84. The first-order chi connectivity index (χ1) is 12.2. The average molecular weight is 338 g/mol. The highest BCUT2D eigenvalue weighted by Gasteiger charge is 2.11. The minimum absolute atomic E-state index is 0.133. The van der Waals surface area contributed by atoms with Gasteiger partial charge in [0.1, 0.15) is 12.0 Å². The molecular weight excluding hydrogens is 324 g/mol. The van der Waals surface area contributed by atoms with E-state index in [4.69, 9.17) is 14.0 Å². The fourth-order valence-electron chi connectivity index (χ4n) is 1.99. The van der Waals surface area contributed by atoms with Crippen LogP contribution in [0.3, 0.4) is 0 Å². The van der Waals surface area contributed by atoms with Gasteiger partial charge in [-0.25, -0.2) is 4.79 Å². The van der Waals surface area contributed by atoms with Gasteiger partial charge in [0.25, 0.3) is 5.89 Å². The first-order valence-electron chi connectivity index (χ1n) is 7.46. The summed E-state index contributed by atoms with van der Waals surface area (Å²) in [6.45, 7) is -0.397. The summed E-state index contributed by atoms with van der Waals surface area (Å²) in [4.78, 5) is 26.4. The number of aldehydes is 1. The van der Waals surface area contributed by atoms with Gasteiger partial charge in [-0.1, -0.05) is 35.5 Å². The van der Waals surface area contributed by atoms with Crippen molar-refractivity contribution < 1.29 is 23.6 Å². The van der Waals surface area contributed by atoms with Crippen molar-refractivity contribution in [1.29, 1.82) is 0 Å². The molecule has 7 heteroatoms. The van der Waals surface area contributed by atoms with Crippen LogP contribution >= 0.6 is 0 Å². The number of nitrogens with zero attached hydrogens (tertiary/aromatic N) is 2. The first-order valence-corrected chi connectivity index (χ1v) is 7.46. The zero-order valence-electron chi connectivity index (χ0n) is 13.1. The molecule has 3 rings (SSSR count). The Hall–Kier alpha value is -3.48. The van der Waals surface area contributed by atoms with Gasteiger partial charge in [0, 0.05) is 11.1 Å². The molecule has 0 spiro atoms. The molecule has 25 heavy (non-hydrogen) atoms. The van der Waals surface area contributed by atoms with Crippen LogP contribution < -0.4 is 4.74 Å². The van der Waals surface area contributed by atoms with Crippen molar-refractivity contribution in [1.82, 2.24) is 10.1 Å². The number of hydrogen-bond donors (Lipinski definition) is 0. The molecule has 0 saturated heterocycles. The maximum atomic E-state index is 11.7. The minimum Gasteiger partial charge on any atom is -0.482 e. The van der Waals surface area contributed by atoms with Gasteiger partial charge in [0.05, 0.1) is 0 Å². The van der Waals surface area contributed by atoms with Crippen LogP contribution in [0.15, 0.2) is 59.1 Å². The standard InChI is InChI=1S/C18H14N2O5/c21-10-13-6-8-15(9-7-13)23-12-17(22)24-11-16-19-18(20-25-16)14-4-2-1-3-5-14/h1-10H,11-12H2. The molecule has 0 fully saturated rings. The summed E-state index contributed by atoms with van der Waals surface area (Å²) in [6.07, 6.45) is 0.728. The smallest absolute Gasteiger partial charge is 0.344 e. The van der Waals surface area contributed by atoms with Crippen molar-refractivity contribution in [2.24, 2.45) is 0 Å². The first kappa shape index (κ1) is 16.4. The van der Waals surface area contributed by atoms with Gasteiger partial charge in [-0.15, -0.1) is 0 Å². The second kappa shape index (κ2) is 7.87. The van der Waals surface area contributed by atoms with Crippen molar-refractivity contribution in [3.05, 3.63) is 66.1 Å². The Morgan fingerprint density at radius 2 is 1.84 bits per heavy atom. The molecule has 0 atom stereocenters. The van der Waals surface area contributed by atoms with E-state index in [1.165, 1.54) is 0 Å². The van der Waals surface area contributed by atoms with E-state index in [2.05, 4.69) is 10.1 Å².